The summed E-state index contributed by atoms with van der Waals surface area (Å²) in [5, 5.41) is 0. The van der Waals surface area contributed by atoms with Crippen molar-refractivity contribution in [1.29, 1.82) is 0 Å². The van der Waals surface area contributed by atoms with Gasteiger partial charge in [-0.3, -0.25) is 4.48 Å². The standard InChI is InChI=1S/C13H22N2.C10H17N4O3.C8H17N3.2ClH/c1-3-7-12(8-4-1)14-11-15-13-9-5-2-6-10-13;1-14(4-6-17-7-5-14)8-11-9(15-2)13-10(12-8)16-3;1-4-9-8-10-6-5-7-11(2)3;;/h12-13H,1-10H2;4-7H2,1-3H3;4-7H2,1-3H3;2*1H/q;+1;;;/p-1. The number of nitrogens with zero attached hydrogens (tertiary/aromatic N) is 9. The second kappa shape index (κ2) is 26.0. The van der Waals surface area contributed by atoms with Crippen molar-refractivity contribution in [2.45, 2.75) is 89.6 Å². The molecule has 0 bridgehead atoms. The number of hydrogen-bond acceptors (Lipinski definition) is 11. The number of rotatable bonds is 10. The van der Waals surface area contributed by atoms with E-state index >= 15 is 0 Å². The molecule has 12 nitrogen and oxygen atoms in total. The van der Waals surface area contributed by atoms with Gasteiger partial charge in [-0.25, -0.2) is 20.0 Å². The van der Waals surface area contributed by atoms with Crippen LogP contribution in [0, 0.1) is 0 Å². The van der Waals surface area contributed by atoms with Gasteiger partial charge in [0.05, 0.1) is 65.1 Å². The van der Waals surface area contributed by atoms with Gasteiger partial charge in [0.2, 0.25) is 0 Å². The molecule has 1 saturated heterocycles. The lowest BCUT2D eigenvalue weighted by atomic mass is 9.96. The van der Waals surface area contributed by atoms with Gasteiger partial charge in [0.15, 0.2) is 0 Å². The number of halogens is 2. The molecule has 0 radical (unpaired) electrons. The van der Waals surface area contributed by atoms with Crippen molar-refractivity contribution < 1.29 is 26.6 Å². The first kappa shape index (κ1) is 42.8. The van der Waals surface area contributed by atoms with Crippen molar-refractivity contribution in [2.75, 3.05) is 81.3 Å². The summed E-state index contributed by atoms with van der Waals surface area (Å²) < 4.78 is 16.1. The minimum Gasteiger partial charge on any atom is -1.00 e. The summed E-state index contributed by atoms with van der Waals surface area (Å²) in [5.74, 6) is 0.650. The summed E-state index contributed by atoms with van der Waals surface area (Å²) in [6.07, 6.45) is 14.3. The number of likely N-dealkylation sites (N-methyl/N-ethyl adjacent to an activating group) is 1. The monoisotopic (exact) mass is 673 g/mol. The summed E-state index contributed by atoms with van der Waals surface area (Å²) in [4.78, 5) is 31.5. The van der Waals surface area contributed by atoms with E-state index in [0.717, 1.165) is 39.1 Å². The fraction of sp³-hybridized carbons (Fsp3) is 0.839. The van der Waals surface area contributed by atoms with Gasteiger partial charge in [0, 0.05) is 6.54 Å². The number of aromatic nitrogens is 3. The Labute approximate surface area is 283 Å². The van der Waals surface area contributed by atoms with E-state index in [4.69, 9.17) is 14.2 Å². The third-order valence-corrected chi connectivity index (χ3v) is 7.69. The first-order valence-electron chi connectivity index (χ1n) is 16.0. The van der Waals surface area contributed by atoms with E-state index in [-0.39, 0.29) is 36.8 Å². The molecule has 2 saturated carbocycles. The number of methoxy groups -OCH3 is 2. The minimum absolute atomic E-state index is 0. The highest BCUT2D eigenvalue weighted by molar-refractivity contribution is 5.85. The van der Waals surface area contributed by atoms with Crippen molar-refractivity contribution in [2.24, 2.45) is 20.0 Å². The highest BCUT2D eigenvalue weighted by atomic mass is 35.5. The first-order valence-corrected chi connectivity index (χ1v) is 16.0. The Morgan fingerprint density at radius 1 is 0.822 bits per heavy atom. The quantitative estimate of drug-likeness (QED) is 0.212. The Balaban J connectivity index is 0.000000647. The normalized spacial score (nSPS) is 17.6. The van der Waals surface area contributed by atoms with E-state index in [9.17, 15) is 0 Å². The lowest BCUT2D eigenvalue weighted by Crippen LogP contribution is -3.00. The van der Waals surface area contributed by atoms with Gasteiger partial charge < -0.3 is 31.5 Å². The summed E-state index contributed by atoms with van der Waals surface area (Å²) >= 11 is 0. The lowest BCUT2D eigenvalue weighted by molar-refractivity contribution is -0.0000126. The zero-order chi connectivity index (χ0) is 31.2. The zero-order valence-electron chi connectivity index (χ0n) is 28.4. The second-order valence-corrected chi connectivity index (χ2v) is 11.6. The Morgan fingerprint density at radius 2 is 1.33 bits per heavy atom. The van der Waals surface area contributed by atoms with Crippen LogP contribution in [0.4, 0.5) is 5.95 Å². The zero-order valence-corrected chi connectivity index (χ0v) is 30.0. The first-order chi connectivity index (χ1) is 20.9. The van der Waals surface area contributed by atoms with E-state index in [2.05, 4.69) is 73.0 Å². The predicted octanol–water partition coefficient (Wildman–Crippen LogP) is 2.24. The van der Waals surface area contributed by atoms with Crippen molar-refractivity contribution in [1.82, 2.24) is 24.3 Å². The average molecular weight is 675 g/mol. The minimum atomic E-state index is 0. The van der Waals surface area contributed by atoms with Gasteiger partial charge >= 0.3 is 18.0 Å². The molecule has 3 fully saturated rings. The third-order valence-electron chi connectivity index (χ3n) is 7.69. The number of aliphatic imine (C=N–C) groups is 4. The van der Waals surface area contributed by atoms with Crippen molar-refractivity contribution in [3.05, 3.63) is 0 Å². The van der Waals surface area contributed by atoms with Crippen LogP contribution in [0.3, 0.4) is 0 Å². The van der Waals surface area contributed by atoms with Crippen LogP contribution >= 0.6 is 12.4 Å². The molecule has 0 atom stereocenters. The van der Waals surface area contributed by atoms with Crippen LogP contribution in [0.25, 0.3) is 0 Å². The van der Waals surface area contributed by atoms with Gasteiger partial charge in [-0.1, -0.05) is 38.5 Å². The topological polar surface area (TPSA) is 119 Å². The van der Waals surface area contributed by atoms with Crippen LogP contribution < -0.4 is 26.4 Å². The summed E-state index contributed by atoms with van der Waals surface area (Å²) in [6.45, 7) is 7.73. The molecule has 258 valence electrons. The molecule has 0 aromatic carbocycles. The number of ether oxygens (including phenoxy) is 3. The number of morpholine rings is 1. The molecule has 1 aliphatic heterocycles. The highest BCUT2D eigenvalue weighted by Crippen LogP contribution is 2.23. The molecule has 0 N–H and O–H groups in total. The maximum atomic E-state index is 5.35. The predicted molar refractivity (Wildman–Crippen MR) is 181 cm³/mol. The number of hydrogen-bond donors (Lipinski definition) is 0. The molecule has 14 heteroatoms. The van der Waals surface area contributed by atoms with Crippen molar-refractivity contribution in [3.8, 4) is 12.0 Å². The smallest absolute Gasteiger partial charge is 0.338 e. The Morgan fingerprint density at radius 3 is 1.78 bits per heavy atom. The van der Waals surface area contributed by atoms with Crippen molar-refractivity contribution in [3.63, 3.8) is 0 Å². The van der Waals surface area contributed by atoms with Gasteiger partial charge in [0.1, 0.15) is 13.1 Å². The van der Waals surface area contributed by atoms with Crippen LogP contribution in [-0.2, 0) is 4.74 Å². The average Bonchev–Trinajstić information content (AvgIpc) is 3.04. The number of quaternary nitrogens is 1. The second-order valence-electron chi connectivity index (χ2n) is 11.6. The fourth-order valence-corrected chi connectivity index (χ4v) is 4.95. The van der Waals surface area contributed by atoms with E-state index in [1.54, 1.807) is 0 Å². The maximum Gasteiger partial charge on any atom is 0.338 e. The fourth-order valence-electron chi connectivity index (χ4n) is 4.95. The van der Waals surface area contributed by atoms with Crippen LogP contribution in [0.15, 0.2) is 20.0 Å². The summed E-state index contributed by atoms with van der Waals surface area (Å²) in [7, 11) is 9.24. The van der Waals surface area contributed by atoms with Gasteiger partial charge in [0.25, 0.3) is 0 Å². The summed E-state index contributed by atoms with van der Waals surface area (Å²) in [5.41, 5.74) is 0. The van der Waals surface area contributed by atoms with Crippen LogP contribution in [0.1, 0.15) is 77.6 Å². The SMILES string of the molecule is C(=NC1CCCCC1)=NC1CCCCC1.CCN=C=NCCCN(C)C.COc1nc(OC)nc([N+]2(C)CCOCC2)n1.Cl.[Cl-]. The molecule has 2 aliphatic carbocycles. The molecule has 1 aromatic rings. The molecular weight excluding hydrogens is 617 g/mol. The molecule has 1 aromatic heterocycles. The highest BCUT2D eigenvalue weighted by Gasteiger charge is 2.32. The van der Waals surface area contributed by atoms with Crippen LogP contribution in [-0.4, -0.2) is 125 Å². The Kier molecular flexibility index (Phi) is 24.7. The van der Waals surface area contributed by atoms with E-state index in [0.29, 0.717) is 35.7 Å². The van der Waals surface area contributed by atoms with Crippen LogP contribution in [0.2, 0.25) is 0 Å². The van der Waals surface area contributed by atoms with E-state index in [1.807, 2.05) is 6.92 Å². The van der Waals surface area contributed by atoms with E-state index in [1.165, 1.54) is 78.4 Å². The maximum absolute atomic E-state index is 5.35. The van der Waals surface area contributed by atoms with Crippen molar-refractivity contribution >= 4 is 30.4 Å². The van der Waals surface area contributed by atoms with Gasteiger partial charge in [-0.2, -0.15) is 0 Å². The Hall–Kier alpha value is -2.17. The molecule has 45 heavy (non-hydrogen) atoms. The molecular formula is C31H57Cl2N9O3. The molecule has 4 rings (SSSR count). The molecule has 0 amide bonds. The lowest BCUT2D eigenvalue weighted by Gasteiger charge is -2.34. The van der Waals surface area contributed by atoms with Crippen LogP contribution in [0.5, 0.6) is 12.0 Å². The van der Waals surface area contributed by atoms with Gasteiger partial charge in [-0.15, -0.1) is 27.4 Å². The third kappa shape index (κ3) is 18.5. The van der Waals surface area contributed by atoms with Gasteiger partial charge in [-0.05, 0) is 59.7 Å². The van der Waals surface area contributed by atoms with E-state index < -0.39 is 0 Å². The Bertz CT molecular complexity index is 973. The molecule has 2 heterocycles. The molecule has 0 unspecified atom stereocenters. The largest absolute Gasteiger partial charge is 1.00 e. The molecule has 3 aliphatic rings. The summed E-state index contributed by atoms with van der Waals surface area (Å²) in [6, 6.07) is 7.23. The molecule has 0 spiro atoms.